The van der Waals surface area contributed by atoms with Gasteiger partial charge in [-0.3, -0.25) is 4.79 Å². The molecule has 0 N–H and O–H groups in total. The molecular weight excluding hydrogens is 336 g/mol. The summed E-state index contributed by atoms with van der Waals surface area (Å²) in [5, 5.41) is 2.74. The summed E-state index contributed by atoms with van der Waals surface area (Å²) in [7, 11) is 0. The first kappa shape index (κ1) is 16.0. The molecular formula is C16H19ClN2OS2. The van der Waals surface area contributed by atoms with Crippen LogP contribution in [0.5, 0.6) is 0 Å². The van der Waals surface area contributed by atoms with Crippen LogP contribution in [0.15, 0.2) is 17.5 Å². The van der Waals surface area contributed by atoms with Crippen molar-refractivity contribution in [2.24, 2.45) is 5.92 Å². The van der Waals surface area contributed by atoms with Gasteiger partial charge in [-0.2, -0.15) is 0 Å². The van der Waals surface area contributed by atoms with E-state index in [-0.39, 0.29) is 11.9 Å². The molecule has 2 aromatic rings. The lowest BCUT2D eigenvalue weighted by atomic mass is 10.0. The van der Waals surface area contributed by atoms with E-state index >= 15 is 0 Å². The molecule has 0 aromatic carbocycles. The van der Waals surface area contributed by atoms with Gasteiger partial charge in [0.15, 0.2) is 0 Å². The monoisotopic (exact) mass is 354 g/mol. The highest BCUT2D eigenvalue weighted by atomic mass is 35.5. The van der Waals surface area contributed by atoms with Gasteiger partial charge in [-0.25, -0.2) is 4.98 Å². The van der Waals surface area contributed by atoms with E-state index in [1.54, 1.807) is 0 Å². The second kappa shape index (κ2) is 6.30. The molecule has 1 amide bonds. The van der Waals surface area contributed by atoms with E-state index < -0.39 is 0 Å². The fourth-order valence-corrected chi connectivity index (χ4v) is 4.31. The molecule has 0 unspecified atom stereocenters. The molecule has 3 rings (SSSR count). The average Bonchev–Trinajstić information content (AvgIpc) is 3.01. The van der Waals surface area contributed by atoms with Gasteiger partial charge in [-0.1, -0.05) is 25.4 Å². The number of amides is 1. The van der Waals surface area contributed by atoms with Crippen molar-refractivity contribution in [1.29, 1.82) is 0 Å². The molecule has 2 heterocycles. The number of thiazole rings is 1. The van der Waals surface area contributed by atoms with Crippen LogP contribution in [0.3, 0.4) is 0 Å². The Balaban J connectivity index is 1.83. The molecule has 0 spiro atoms. The van der Waals surface area contributed by atoms with Crippen molar-refractivity contribution in [2.75, 3.05) is 0 Å². The molecule has 1 fully saturated rings. The molecule has 0 bridgehead atoms. The van der Waals surface area contributed by atoms with Crippen LogP contribution in [-0.2, 0) is 0 Å². The molecule has 1 aliphatic rings. The summed E-state index contributed by atoms with van der Waals surface area (Å²) < 4.78 is 0.742. The average molecular weight is 355 g/mol. The van der Waals surface area contributed by atoms with Crippen molar-refractivity contribution in [1.82, 2.24) is 9.88 Å². The van der Waals surface area contributed by atoms with Crippen LogP contribution in [0.2, 0.25) is 4.34 Å². The number of thiophene rings is 1. The van der Waals surface area contributed by atoms with Crippen molar-refractivity contribution < 1.29 is 4.79 Å². The second-order valence-corrected chi connectivity index (χ2v) is 8.64. The predicted octanol–water partition coefficient (Wildman–Crippen LogP) is 5.17. The number of rotatable bonds is 5. The largest absolute Gasteiger partial charge is 0.331 e. The summed E-state index contributed by atoms with van der Waals surface area (Å²) in [6.45, 7) is 6.45. The summed E-state index contributed by atoms with van der Waals surface area (Å²) in [6, 6.07) is 4.45. The smallest absolute Gasteiger partial charge is 0.273 e. The molecule has 2 aromatic heterocycles. The van der Waals surface area contributed by atoms with Crippen LogP contribution < -0.4 is 0 Å². The van der Waals surface area contributed by atoms with E-state index in [1.165, 1.54) is 22.7 Å². The van der Waals surface area contributed by atoms with Crippen molar-refractivity contribution in [3.63, 3.8) is 0 Å². The molecule has 1 aliphatic carbocycles. The van der Waals surface area contributed by atoms with Crippen molar-refractivity contribution in [2.45, 2.75) is 45.7 Å². The van der Waals surface area contributed by atoms with E-state index in [0.29, 0.717) is 17.7 Å². The van der Waals surface area contributed by atoms with E-state index in [2.05, 4.69) is 25.8 Å². The minimum atomic E-state index is 0.0638. The molecule has 3 nitrogen and oxygen atoms in total. The number of hydrogen-bond acceptors (Lipinski definition) is 4. The molecule has 0 radical (unpaired) electrons. The first-order valence-corrected chi connectivity index (χ1v) is 9.58. The van der Waals surface area contributed by atoms with Crippen LogP contribution in [0.4, 0.5) is 0 Å². The summed E-state index contributed by atoms with van der Waals surface area (Å²) in [5.74, 6) is 0.507. The summed E-state index contributed by atoms with van der Waals surface area (Å²) in [6.07, 6.45) is 2.22. The first-order valence-electron chi connectivity index (χ1n) is 7.51. The third kappa shape index (κ3) is 3.21. The predicted molar refractivity (Wildman–Crippen MR) is 93.9 cm³/mol. The number of hydrogen-bond donors (Lipinski definition) is 0. The second-order valence-electron chi connectivity index (χ2n) is 6.07. The Hall–Kier alpha value is -0.910. The lowest BCUT2D eigenvalue weighted by molar-refractivity contribution is 0.0622. The number of nitrogens with zero attached hydrogens (tertiary/aromatic N) is 2. The number of aromatic nitrogens is 1. The standard InChI is InChI=1S/C16H19ClN2OS2/c1-9(2)10(3)19(11-4-5-11)16(20)12-8-21-15(18-12)13-6-7-14(17)22-13/h6-11H,4-5H2,1-3H3/t10-/m1/s1. The number of halogens is 1. The molecule has 118 valence electrons. The van der Waals surface area contributed by atoms with Crippen molar-refractivity contribution >= 4 is 40.2 Å². The van der Waals surface area contributed by atoms with Gasteiger partial charge in [0.05, 0.1) is 9.21 Å². The summed E-state index contributed by atoms with van der Waals surface area (Å²) in [4.78, 5) is 20.5. The maximum atomic E-state index is 12.9. The van der Waals surface area contributed by atoms with Crippen LogP contribution in [-0.4, -0.2) is 27.9 Å². The topological polar surface area (TPSA) is 33.2 Å². The zero-order valence-corrected chi connectivity index (χ0v) is 15.3. The van der Waals surface area contributed by atoms with E-state index in [1.807, 2.05) is 22.4 Å². The van der Waals surface area contributed by atoms with Gasteiger partial charge < -0.3 is 4.90 Å². The highest BCUT2D eigenvalue weighted by Gasteiger charge is 2.37. The Morgan fingerprint density at radius 1 is 1.36 bits per heavy atom. The molecule has 1 atom stereocenters. The quantitative estimate of drug-likeness (QED) is 0.741. The van der Waals surface area contributed by atoms with Gasteiger partial charge >= 0.3 is 0 Å². The molecule has 0 aliphatic heterocycles. The third-order valence-electron chi connectivity index (χ3n) is 4.09. The first-order chi connectivity index (χ1) is 10.5. The maximum Gasteiger partial charge on any atom is 0.273 e. The van der Waals surface area contributed by atoms with E-state index in [4.69, 9.17) is 11.6 Å². The maximum absolute atomic E-state index is 12.9. The highest BCUT2D eigenvalue weighted by Crippen LogP contribution is 2.35. The van der Waals surface area contributed by atoms with E-state index in [9.17, 15) is 4.79 Å². The van der Waals surface area contributed by atoms with Gasteiger partial charge in [-0.05, 0) is 37.8 Å². The van der Waals surface area contributed by atoms with Crippen LogP contribution in [0, 0.1) is 5.92 Å². The Kier molecular flexibility index (Phi) is 4.57. The normalized spacial score (nSPS) is 16.0. The minimum Gasteiger partial charge on any atom is -0.331 e. The molecule has 1 saturated carbocycles. The minimum absolute atomic E-state index is 0.0638. The van der Waals surface area contributed by atoms with Gasteiger partial charge in [0.1, 0.15) is 10.7 Å². The van der Waals surface area contributed by atoms with Gasteiger partial charge in [-0.15, -0.1) is 22.7 Å². The Morgan fingerprint density at radius 2 is 2.09 bits per heavy atom. The van der Waals surface area contributed by atoms with E-state index in [0.717, 1.165) is 27.1 Å². The van der Waals surface area contributed by atoms with Crippen molar-refractivity contribution in [3.05, 3.63) is 27.5 Å². The molecule has 6 heteroatoms. The zero-order valence-electron chi connectivity index (χ0n) is 12.9. The number of carbonyl (C=O) groups is 1. The summed E-state index contributed by atoms with van der Waals surface area (Å²) in [5.41, 5.74) is 0.559. The third-order valence-corrected chi connectivity index (χ3v) is 6.33. The fraction of sp³-hybridized carbons (Fsp3) is 0.500. The SMILES string of the molecule is CC(C)[C@@H](C)N(C(=O)c1csc(-c2ccc(Cl)s2)n1)C1CC1. The fourth-order valence-electron chi connectivity index (χ4n) is 2.40. The van der Waals surface area contributed by atoms with Crippen LogP contribution in [0.1, 0.15) is 44.1 Å². The highest BCUT2D eigenvalue weighted by molar-refractivity contribution is 7.23. The van der Waals surface area contributed by atoms with Crippen LogP contribution in [0.25, 0.3) is 9.88 Å². The van der Waals surface area contributed by atoms with Gasteiger partial charge in [0, 0.05) is 17.5 Å². The Bertz CT molecular complexity index is 675. The molecule has 0 saturated heterocycles. The zero-order chi connectivity index (χ0) is 15.9. The van der Waals surface area contributed by atoms with Gasteiger partial charge in [0.25, 0.3) is 5.91 Å². The Labute approximate surface area is 143 Å². The lowest BCUT2D eigenvalue weighted by Gasteiger charge is -2.31. The summed E-state index contributed by atoms with van der Waals surface area (Å²) >= 11 is 8.98. The number of carbonyl (C=O) groups excluding carboxylic acids is 1. The van der Waals surface area contributed by atoms with Crippen LogP contribution >= 0.6 is 34.3 Å². The lowest BCUT2D eigenvalue weighted by Crippen LogP contribution is -2.43. The molecule has 22 heavy (non-hydrogen) atoms. The van der Waals surface area contributed by atoms with Gasteiger partial charge in [0.2, 0.25) is 0 Å². The van der Waals surface area contributed by atoms with Crippen molar-refractivity contribution in [3.8, 4) is 9.88 Å². The Morgan fingerprint density at radius 3 is 2.64 bits per heavy atom.